The van der Waals surface area contributed by atoms with Crippen molar-refractivity contribution >= 4 is 17.3 Å². The highest BCUT2D eigenvalue weighted by Crippen LogP contribution is 2.28. The van der Waals surface area contributed by atoms with Crippen molar-refractivity contribution in [2.24, 2.45) is 5.73 Å². The van der Waals surface area contributed by atoms with Crippen LogP contribution in [-0.4, -0.2) is 56.4 Å². The van der Waals surface area contributed by atoms with Crippen molar-refractivity contribution in [3.63, 3.8) is 0 Å². The summed E-state index contributed by atoms with van der Waals surface area (Å²) in [5, 5.41) is 0.775. The number of nitrogens with two attached hydrogens (primary N) is 1. The van der Waals surface area contributed by atoms with Gasteiger partial charge in [0.15, 0.2) is 0 Å². The fourth-order valence-electron chi connectivity index (χ4n) is 4.23. The van der Waals surface area contributed by atoms with Crippen LogP contribution >= 0.6 is 11.6 Å². The minimum Gasteiger partial charge on any atom is -0.374 e. The molecule has 0 aromatic heterocycles. The number of benzene rings is 2. The predicted octanol–water partition coefficient (Wildman–Crippen LogP) is 3.64. The molecule has 2 aliphatic rings. The second kappa shape index (κ2) is 8.61. The largest absolute Gasteiger partial charge is 0.374 e. The van der Waals surface area contributed by atoms with E-state index in [4.69, 9.17) is 22.1 Å². The molecule has 2 aromatic rings. The summed E-state index contributed by atoms with van der Waals surface area (Å²) in [7, 11) is 0. The van der Waals surface area contributed by atoms with Crippen molar-refractivity contribution in [2.75, 3.05) is 44.2 Å². The Morgan fingerprint density at radius 2 is 1.78 bits per heavy atom. The summed E-state index contributed by atoms with van der Waals surface area (Å²) in [6.45, 7) is 5.64. The Labute approximate surface area is 166 Å². The van der Waals surface area contributed by atoms with Gasteiger partial charge in [-0.15, -0.1) is 0 Å². The number of ether oxygens (including phenoxy) is 1. The van der Waals surface area contributed by atoms with Gasteiger partial charge in [0.05, 0.1) is 12.7 Å². The van der Waals surface area contributed by atoms with Crippen LogP contribution in [0.2, 0.25) is 5.02 Å². The maximum Gasteiger partial charge on any atom is 0.0824 e. The standard InChI is InChI=1S/C22H28ClN3O/c23-19-6-4-17(5-7-19)18-2-1-3-21(14-18)25-10-8-20(9-11-25)26-12-13-27-22(15-24)16-26/h1-7,14,20,22H,8-13,15-16,24H2. The quantitative estimate of drug-likeness (QED) is 0.872. The van der Waals surface area contributed by atoms with E-state index in [1.807, 2.05) is 12.1 Å². The highest BCUT2D eigenvalue weighted by atomic mass is 35.5. The molecule has 0 saturated carbocycles. The SMILES string of the molecule is NCC1CN(C2CCN(c3cccc(-c4ccc(Cl)cc4)c3)CC2)CCO1. The van der Waals surface area contributed by atoms with Gasteiger partial charge in [0.25, 0.3) is 0 Å². The highest BCUT2D eigenvalue weighted by molar-refractivity contribution is 6.30. The zero-order chi connectivity index (χ0) is 18.6. The van der Waals surface area contributed by atoms with Crippen molar-refractivity contribution in [3.05, 3.63) is 53.6 Å². The normalized spacial score (nSPS) is 22.1. The van der Waals surface area contributed by atoms with E-state index in [9.17, 15) is 0 Å². The Hall–Kier alpha value is -1.59. The van der Waals surface area contributed by atoms with Crippen LogP contribution in [0, 0.1) is 0 Å². The first kappa shape index (κ1) is 18.8. The van der Waals surface area contributed by atoms with Crippen LogP contribution in [0.1, 0.15) is 12.8 Å². The van der Waals surface area contributed by atoms with Crippen LogP contribution in [0.15, 0.2) is 48.5 Å². The van der Waals surface area contributed by atoms with Crippen LogP contribution in [0.4, 0.5) is 5.69 Å². The monoisotopic (exact) mass is 385 g/mol. The van der Waals surface area contributed by atoms with Gasteiger partial charge >= 0.3 is 0 Å². The number of nitrogens with zero attached hydrogens (tertiary/aromatic N) is 2. The first-order valence-corrected chi connectivity index (χ1v) is 10.3. The van der Waals surface area contributed by atoms with Gasteiger partial charge in [0.1, 0.15) is 0 Å². The third kappa shape index (κ3) is 4.46. The van der Waals surface area contributed by atoms with E-state index in [1.54, 1.807) is 0 Å². The summed E-state index contributed by atoms with van der Waals surface area (Å²) in [6, 6.07) is 17.6. The number of hydrogen-bond acceptors (Lipinski definition) is 4. The van der Waals surface area contributed by atoms with Crippen molar-refractivity contribution in [2.45, 2.75) is 25.0 Å². The van der Waals surface area contributed by atoms with Crippen molar-refractivity contribution in [1.29, 1.82) is 0 Å². The smallest absolute Gasteiger partial charge is 0.0824 e. The molecule has 0 radical (unpaired) electrons. The number of piperidine rings is 1. The molecule has 2 saturated heterocycles. The van der Waals surface area contributed by atoms with Crippen LogP contribution < -0.4 is 10.6 Å². The molecule has 0 spiro atoms. The van der Waals surface area contributed by atoms with Gasteiger partial charge < -0.3 is 15.4 Å². The lowest BCUT2D eigenvalue weighted by atomic mass is 10.00. The number of halogens is 1. The van der Waals surface area contributed by atoms with E-state index in [0.29, 0.717) is 12.6 Å². The first-order valence-electron chi connectivity index (χ1n) is 9.89. The Morgan fingerprint density at radius 1 is 1.00 bits per heavy atom. The lowest BCUT2D eigenvalue weighted by molar-refractivity contribution is -0.0416. The van der Waals surface area contributed by atoms with Crippen molar-refractivity contribution in [3.8, 4) is 11.1 Å². The lowest BCUT2D eigenvalue weighted by Crippen LogP contribution is -2.53. The third-order valence-electron chi connectivity index (χ3n) is 5.80. The van der Waals surface area contributed by atoms with Gasteiger partial charge in [-0.2, -0.15) is 0 Å². The van der Waals surface area contributed by atoms with E-state index in [2.05, 4.69) is 46.2 Å². The zero-order valence-electron chi connectivity index (χ0n) is 15.7. The molecule has 2 aliphatic heterocycles. The Bertz CT molecular complexity index is 743. The average Bonchev–Trinajstić information content (AvgIpc) is 2.74. The summed E-state index contributed by atoms with van der Waals surface area (Å²) >= 11 is 6.02. The summed E-state index contributed by atoms with van der Waals surface area (Å²) in [4.78, 5) is 5.10. The van der Waals surface area contributed by atoms with Gasteiger partial charge in [-0.05, 0) is 48.2 Å². The van der Waals surface area contributed by atoms with Gasteiger partial charge in [-0.25, -0.2) is 0 Å². The molecule has 27 heavy (non-hydrogen) atoms. The lowest BCUT2D eigenvalue weighted by Gasteiger charge is -2.42. The maximum absolute atomic E-state index is 6.02. The van der Waals surface area contributed by atoms with Crippen LogP contribution in [0.25, 0.3) is 11.1 Å². The van der Waals surface area contributed by atoms with E-state index in [1.165, 1.54) is 29.7 Å². The summed E-state index contributed by atoms with van der Waals surface area (Å²) in [5.41, 5.74) is 9.55. The Morgan fingerprint density at radius 3 is 2.52 bits per heavy atom. The topological polar surface area (TPSA) is 41.7 Å². The molecular weight excluding hydrogens is 358 g/mol. The van der Waals surface area contributed by atoms with Gasteiger partial charge in [0, 0.05) is 49.5 Å². The van der Waals surface area contributed by atoms with E-state index < -0.39 is 0 Å². The third-order valence-corrected chi connectivity index (χ3v) is 6.05. The van der Waals surface area contributed by atoms with Gasteiger partial charge in [-0.1, -0.05) is 35.9 Å². The average molecular weight is 386 g/mol. The number of morpholine rings is 1. The molecule has 4 nitrogen and oxygen atoms in total. The van der Waals surface area contributed by atoms with Crippen molar-refractivity contribution in [1.82, 2.24) is 4.90 Å². The van der Waals surface area contributed by atoms with Gasteiger partial charge in [-0.3, -0.25) is 4.90 Å². The molecule has 0 aliphatic carbocycles. The fraction of sp³-hybridized carbons (Fsp3) is 0.455. The molecule has 0 bridgehead atoms. The molecule has 2 fully saturated rings. The first-order chi connectivity index (χ1) is 13.2. The molecule has 5 heteroatoms. The summed E-state index contributed by atoms with van der Waals surface area (Å²) < 4.78 is 5.72. The predicted molar refractivity (Wildman–Crippen MR) is 112 cm³/mol. The molecule has 1 atom stereocenters. The van der Waals surface area contributed by atoms with Crippen molar-refractivity contribution < 1.29 is 4.74 Å². The van der Waals surface area contributed by atoms with Crippen LogP contribution in [0.5, 0.6) is 0 Å². The second-order valence-electron chi connectivity index (χ2n) is 7.50. The summed E-state index contributed by atoms with van der Waals surface area (Å²) in [5.74, 6) is 0. The fourth-order valence-corrected chi connectivity index (χ4v) is 4.36. The second-order valence-corrected chi connectivity index (χ2v) is 7.94. The molecule has 2 heterocycles. The molecule has 0 amide bonds. The minimum atomic E-state index is 0.202. The number of anilines is 1. The Kier molecular flexibility index (Phi) is 5.98. The molecule has 4 rings (SSSR count). The highest BCUT2D eigenvalue weighted by Gasteiger charge is 2.28. The zero-order valence-corrected chi connectivity index (χ0v) is 16.4. The van der Waals surface area contributed by atoms with E-state index in [0.717, 1.165) is 37.8 Å². The maximum atomic E-state index is 6.02. The minimum absolute atomic E-state index is 0.202. The number of rotatable bonds is 4. The molecule has 2 aromatic carbocycles. The van der Waals surface area contributed by atoms with E-state index >= 15 is 0 Å². The van der Waals surface area contributed by atoms with Crippen LogP contribution in [0.3, 0.4) is 0 Å². The molecule has 1 unspecified atom stereocenters. The summed E-state index contributed by atoms with van der Waals surface area (Å²) in [6.07, 6.45) is 2.60. The Balaban J connectivity index is 1.39. The molecular formula is C22H28ClN3O. The molecule has 2 N–H and O–H groups in total. The van der Waals surface area contributed by atoms with E-state index in [-0.39, 0.29) is 6.10 Å². The molecule has 144 valence electrons. The number of hydrogen-bond donors (Lipinski definition) is 1. The van der Waals surface area contributed by atoms with Crippen LogP contribution in [-0.2, 0) is 4.74 Å². The van der Waals surface area contributed by atoms with Gasteiger partial charge in [0.2, 0.25) is 0 Å².